The third-order valence-electron chi connectivity index (χ3n) is 7.76. The van der Waals surface area contributed by atoms with Crippen molar-refractivity contribution in [3.05, 3.63) is 95.7 Å². The number of nitrogens with zero attached hydrogens (tertiary/aromatic N) is 1. The standard InChI is InChI=1S/C33H33BNO2/c1-20(2)23-14-11-15-24(21(3)4)31(23)34-27-16-9-10-17-29(27)36-32-26-18-28(25-13-8-7-12-22(25)5)35(6)19-30(26)37-33(32)34/h7-21H,1-6H3/q+1. The molecule has 1 aliphatic heterocycles. The second kappa shape index (κ2) is 8.95. The van der Waals surface area contributed by atoms with Crippen molar-refractivity contribution in [3.63, 3.8) is 0 Å². The van der Waals surface area contributed by atoms with Gasteiger partial charge in [-0.15, -0.1) is 0 Å². The summed E-state index contributed by atoms with van der Waals surface area (Å²) in [5, 5.41) is 1.01. The molecule has 0 spiro atoms. The summed E-state index contributed by atoms with van der Waals surface area (Å²) < 4.78 is 15.5. The van der Waals surface area contributed by atoms with Gasteiger partial charge in [0.15, 0.2) is 5.75 Å². The van der Waals surface area contributed by atoms with Gasteiger partial charge in [-0.05, 0) is 53.0 Å². The Morgan fingerprint density at radius 2 is 1.49 bits per heavy atom. The minimum Gasteiger partial charge on any atom is -0.460 e. The van der Waals surface area contributed by atoms with Gasteiger partial charge in [0, 0.05) is 11.6 Å². The van der Waals surface area contributed by atoms with Crippen LogP contribution < -0.4 is 25.9 Å². The predicted molar refractivity (Wildman–Crippen MR) is 153 cm³/mol. The van der Waals surface area contributed by atoms with Crippen LogP contribution in [0.15, 0.2) is 83.4 Å². The van der Waals surface area contributed by atoms with Gasteiger partial charge in [-0.1, -0.05) is 87.8 Å². The van der Waals surface area contributed by atoms with Crippen LogP contribution in [0.4, 0.5) is 0 Å². The van der Waals surface area contributed by atoms with Crippen LogP contribution in [0.3, 0.4) is 0 Å². The number of hydrogen-bond acceptors (Lipinski definition) is 2. The first kappa shape index (κ1) is 23.6. The number of aryl methyl sites for hydroxylation is 2. The van der Waals surface area contributed by atoms with E-state index in [-0.39, 0.29) is 6.71 Å². The fraction of sp³-hybridized carbons (Fsp3) is 0.242. The molecule has 0 atom stereocenters. The number of benzene rings is 3. The molecule has 0 unspecified atom stereocenters. The highest BCUT2D eigenvalue weighted by Gasteiger charge is 2.40. The average molecular weight is 486 g/mol. The maximum atomic E-state index is 6.74. The van der Waals surface area contributed by atoms with Crippen LogP contribution in [0.2, 0.25) is 0 Å². The second-order valence-corrected chi connectivity index (χ2v) is 10.9. The Hall–Kier alpha value is -3.79. The van der Waals surface area contributed by atoms with Crippen molar-refractivity contribution < 1.29 is 13.7 Å². The lowest BCUT2D eigenvalue weighted by Crippen LogP contribution is -2.56. The van der Waals surface area contributed by atoms with Gasteiger partial charge in [-0.25, -0.2) is 0 Å². The van der Waals surface area contributed by atoms with Crippen LogP contribution in [0, 0.1) is 6.92 Å². The van der Waals surface area contributed by atoms with Crippen molar-refractivity contribution in [1.29, 1.82) is 0 Å². The topological polar surface area (TPSA) is 26.2 Å². The second-order valence-electron chi connectivity index (χ2n) is 10.9. The third-order valence-corrected chi connectivity index (χ3v) is 7.76. The Morgan fingerprint density at radius 3 is 2.19 bits per heavy atom. The SMILES string of the molecule is Cc1ccccc1-c1cc2c3c(oc2c[n+]1C)B(c1c(C(C)C)cccc1C(C)C)c1ccccc1O3. The maximum absolute atomic E-state index is 6.74. The van der Waals surface area contributed by atoms with Gasteiger partial charge in [-0.3, -0.25) is 0 Å². The Labute approximate surface area is 219 Å². The molecule has 37 heavy (non-hydrogen) atoms. The van der Waals surface area contributed by atoms with E-state index in [4.69, 9.17) is 9.15 Å². The summed E-state index contributed by atoms with van der Waals surface area (Å²) in [6.45, 7) is 11.2. The number of fused-ring (bicyclic) bond motifs is 4. The quantitative estimate of drug-likeness (QED) is 0.222. The Morgan fingerprint density at radius 1 is 0.811 bits per heavy atom. The van der Waals surface area contributed by atoms with E-state index in [9.17, 15) is 0 Å². The monoisotopic (exact) mass is 486 g/mol. The molecule has 3 nitrogen and oxygen atoms in total. The zero-order valence-electron chi connectivity index (χ0n) is 22.5. The van der Waals surface area contributed by atoms with Crippen molar-refractivity contribution in [2.75, 3.05) is 0 Å². The number of rotatable bonds is 4. The van der Waals surface area contributed by atoms with Gasteiger partial charge in [0.25, 0.3) is 6.71 Å². The number of pyridine rings is 1. The minimum atomic E-state index is -0.0319. The molecule has 5 aromatic rings. The summed E-state index contributed by atoms with van der Waals surface area (Å²) in [5.74, 6) is 2.52. The highest BCUT2D eigenvalue weighted by atomic mass is 16.5. The number of hydrogen-bond donors (Lipinski definition) is 0. The highest BCUT2D eigenvalue weighted by molar-refractivity contribution is 6.97. The smallest absolute Gasteiger partial charge is 0.297 e. The fourth-order valence-electron chi connectivity index (χ4n) is 5.90. The van der Waals surface area contributed by atoms with Gasteiger partial charge in [0.2, 0.25) is 17.5 Å². The molecule has 0 radical (unpaired) electrons. The Balaban J connectivity index is 1.66. The van der Waals surface area contributed by atoms with E-state index in [0.29, 0.717) is 11.8 Å². The summed E-state index contributed by atoms with van der Waals surface area (Å²) in [5.41, 5.74) is 10.6. The lowest BCUT2D eigenvalue weighted by Gasteiger charge is -2.28. The largest absolute Gasteiger partial charge is 0.460 e. The Bertz CT molecular complexity index is 1620. The van der Waals surface area contributed by atoms with Gasteiger partial charge in [0.05, 0.1) is 5.39 Å². The van der Waals surface area contributed by atoms with Crippen molar-refractivity contribution in [3.8, 4) is 22.8 Å². The molecule has 0 bridgehead atoms. The molecule has 1 aliphatic rings. The van der Waals surface area contributed by atoms with Gasteiger partial charge in [0.1, 0.15) is 18.5 Å². The molecule has 0 saturated carbocycles. The van der Waals surface area contributed by atoms with Crippen LogP contribution in [-0.2, 0) is 7.05 Å². The van der Waals surface area contributed by atoms with E-state index in [1.807, 2.05) is 0 Å². The Kier molecular flexibility index (Phi) is 5.71. The molecular weight excluding hydrogens is 453 g/mol. The van der Waals surface area contributed by atoms with Gasteiger partial charge in [-0.2, -0.15) is 4.57 Å². The first-order valence-corrected chi connectivity index (χ1v) is 13.3. The molecule has 6 rings (SSSR count). The molecule has 0 fully saturated rings. The number of ether oxygens (including phenoxy) is 1. The van der Waals surface area contributed by atoms with E-state index >= 15 is 0 Å². The molecule has 4 heteroatoms. The number of furan rings is 1. The molecule has 184 valence electrons. The predicted octanol–water partition coefficient (Wildman–Crippen LogP) is 6.10. The first-order valence-electron chi connectivity index (χ1n) is 13.3. The van der Waals surface area contributed by atoms with Gasteiger partial charge >= 0.3 is 0 Å². The van der Waals surface area contributed by atoms with E-state index in [1.165, 1.54) is 27.7 Å². The lowest BCUT2D eigenvalue weighted by molar-refractivity contribution is -0.659. The van der Waals surface area contributed by atoms with Crippen LogP contribution >= 0.6 is 0 Å². The number of para-hydroxylation sites is 1. The van der Waals surface area contributed by atoms with Crippen molar-refractivity contribution in [1.82, 2.24) is 0 Å². The summed E-state index contributed by atoms with van der Waals surface area (Å²) in [6.07, 6.45) is 2.10. The third kappa shape index (κ3) is 3.78. The molecule has 0 saturated heterocycles. The van der Waals surface area contributed by atoms with E-state index < -0.39 is 0 Å². The molecular formula is C33H33BNO2+. The first-order chi connectivity index (χ1) is 17.8. The number of aromatic nitrogens is 1. The molecule has 2 aromatic heterocycles. The zero-order valence-corrected chi connectivity index (χ0v) is 22.5. The average Bonchev–Trinajstić information content (AvgIpc) is 3.23. The van der Waals surface area contributed by atoms with E-state index in [1.54, 1.807) is 0 Å². The van der Waals surface area contributed by atoms with Crippen LogP contribution in [-0.4, -0.2) is 6.71 Å². The van der Waals surface area contributed by atoms with Crippen LogP contribution in [0.25, 0.3) is 22.2 Å². The molecule has 0 amide bonds. The normalized spacial score (nSPS) is 12.7. The van der Waals surface area contributed by atoms with Crippen LogP contribution in [0.1, 0.15) is 56.2 Å². The zero-order chi connectivity index (χ0) is 25.8. The maximum Gasteiger partial charge on any atom is 0.297 e. The van der Waals surface area contributed by atoms with Crippen molar-refractivity contribution >= 4 is 34.3 Å². The highest BCUT2D eigenvalue weighted by Crippen LogP contribution is 2.36. The summed E-state index contributed by atoms with van der Waals surface area (Å²) in [7, 11) is 2.08. The van der Waals surface area contributed by atoms with Crippen molar-refractivity contribution in [2.45, 2.75) is 46.5 Å². The molecule has 0 N–H and O–H groups in total. The van der Waals surface area contributed by atoms with E-state index in [0.717, 1.165) is 39.3 Å². The lowest BCUT2D eigenvalue weighted by atomic mass is 9.36. The van der Waals surface area contributed by atoms with Crippen LogP contribution in [0.5, 0.6) is 11.5 Å². The van der Waals surface area contributed by atoms with Gasteiger partial charge < -0.3 is 9.15 Å². The molecule has 3 aromatic carbocycles. The van der Waals surface area contributed by atoms with E-state index in [2.05, 4.69) is 125 Å². The minimum absolute atomic E-state index is 0.0319. The summed E-state index contributed by atoms with van der Waals surface area (Å²) in [6, 6.07) is 25.9. The summed E-state index contributed by atoms with van der Waals surface area (Å²) in [4.78, 5) is 0. The van der Waals surface area contributed by atoms with Crippen molar-refractivity contribution in [2.24, 2.45) is 7.05 Å². The molecule has 3 heterocycles. The molecule has 0 aliphatic carbocycles. The fourth-order valence-corrected chi connectivity index (χ4v) is 5.90. The summed E-state index contributed by atoms with van der Waals surface area (Å²) >= 11 is 0.